The second-order valence-electron chi connectivity index (χ2n) is 1.19. The molecule has 1 heterocycles. The minimum Gasteiger partial charge on any atom is -0.593 e. The lowest BCUT2D eigenvalue weighted by molar-refractivity contribution is 0.216. The van der Waals surface area contributed by atoms with Gasteiger partial charge in [0.1, 0.15) is 5.41 Å². The molecule has 40 valence electrons. The van der Waals surface area contributed by atoms with Crippen LogP contribution in [0.2, 0.25) is 0 Å². The summed E-state index contributed by atoms with van der Waals surface area (Å²) in [5.74, 6) is 0. The molecule has 0 aromatic heterocycles. The number of rotatable bonds is 0. The molecular weight excluding hydrogens is 114 g/mol. The molecule has 0 aromatic carbocycles. The molecule has 1 rings (SSSR count). The summed E-state index contributed by atoms with van der Waals surface area (Å²) in [6, 6.07) is 0. The van der Waals surface area contributed by atoms with Crippen LogP contribution in [0.1, 0.15) is 0 Å². The van der Waals surface area contributed by atoms with Gasteiger partial charge in [0.2, 0.25) is 0 Å². The maximum atomic E-state index is 10.2. The van der Waals surface area contributed by atoms with Crippen LogP contribution in [0.5, 0.6) is 0 Å². The lowest BCUT2D eigenvalue weighted by Crippen LogP contribution is -2.25. The third kappa shape index (κ3) is 1.17. The molecule has 4 heteroatoms. The van der Waals surface area contributed by atoms with Crippen molar-refractivity contribution in [3.05, 3.63) is 11.5 Å². The fourth-order valence-corrected chi connectivity index (χ4v) is 1.03. The molecule has 0 spiro atoms. The summed E-state index contributed by atoms with van der Waals surface area (Å²) in [6.45, 7) is 0. The predicted octanol–water partition coefficient (Wildman–Crippen LogP) is -0.915. The molecule has 0 fully saturated rings. The minimum absolute atomic E-state index is 0.708. The van der Waals surface area contributed by atoms with Crippen molar-refractivity contribution in [2.45, 2.75) is 6.23 Å². The van der Waals surface area contributed by atoms with Gasteiger partial charge in [-0.15, -0.1) is 4.72 Å². The zero-order chi connectivity index (χ0) is 5.28. The van der Waals surface area contributed by atoms with Gasteiger partial charge in [0.05, 0.1) is 11.4 Å². The van der Waals surface area contributed by atoms with Crippen LogP contribution < -0.4 is 4.72 Å². The monoisotopic (exact) mass is 119 g/mol. The molecule has 7 heavy (non-hydrogen) atoms. The topological polar surface area (TPSA) is 55.3 Å². The predicted molar refractivity (Wildman–Crippen MR) is 26.4 cm³/mol. The lowest BCUT2D eigenvalue weighted by atomic mass is 10.6. The van der Waals surface area contributed by atoms with Crippen LogP contribution in [0.4, 0.5) is 0 Å². The van der Waals surface area contributed by atoms with Crippen molar-refractivity contribution in [3.8, 4) is 0 Å². The van der Waals surface area contributed by atoms with Gasteiger partial charge in [-0.05, 0) is 0 Å². The minimum atomic E-state index is -1.13. The number of aliphatic hydroxyl groups is 1. The average Bonchev–Trinajstić information content (AvgIpc) is 1.87. The van der Waals surface area contributed by atoms with E-state index in [-0.39, 0.29) is 0 Å². The van der Waals surface area contributed by atoms with Crippen LogP contribution in [-0.2, 0) is 11.4 Å². The zero-order valence-electron chi connectivity index (χ0n) is 3.50. The van der Waals surface area contributed by atoms with Crippen molar-refractivity contribution in [2.24, 2.45) is 0 Å². The van der Waals surface area contributed by atoms with Crippen LogP contribution in [0.3, 0.4) is 0 Å². The third-order valence-electron chi connectivity index (χ3n) is 0.621. The third-order valence-corrected chi connectivity index (χ3v) is 1.50. The first-order valence-corrected chi connectivity index (χ1v) is 3.03. The summed E-state index contributed by atoms with van der Waals surface area (Å²) >= 11 is -1.13. The molecule has 2 atom stereocenters. The molecule has 1 aliphatic rings. The number of hydrogen-bond donors (Lipinski definition) is 2. The highest BCUT2D eigenvalue weighted by Crippen LogP contribution is 1.98. The van der Waals surface area contributed by atoms with Crippen LogP contribution in [0.15, 0.2) is 11.5 Å². The Hall–Kier alpha value is -0.0300. The van der Waals surface area contributed by atoms with Gasteiger partial charge in [0.25, 0.3) is 0 Å². The molecular formula is C3H5NO2S. The highest BCUT2D eigenvalue weighted by Gasteiger charge is 2.14. The van der Waals surface area contributed by atoms with Crippen molar-refractivity contribution >= 4 is 11.4 Å². The zero-order valence-corrected chi connectivity index (χ0v) is 4.31. The molecule has 0 radical (unpaired) electrons. The summed E-state index contributed by atoms with van der Waals surface area (Å²) in [7, 11) is 0. The highest BCUT2D eigenvalue weighted by molar-refractivity contribution is 7.92. The van der Waals surface area contributed by atoms with E-state index in [2.05, 4.69) is 4.72 Å². The van der Waals surface area contributed by atoms with Gasteiger partial charge in [-0.25, -0.2) is 0 Å². The van der Waals surface area contributed by atoms with E-state index in [9.17, 15) is 4.55 Å². The lowest BCUT2D eigenvalue weighted by Gasteiger charge is -1.98. The van der Waals surface area contributed by atoms with E-state index in [0.717, 1.165) is 0 Å². The molecule has 1 aliphatic heterocycles. The van der Waals surface area contributed by atoms with Gasteiger partial charge in [-0.3, -0.25) is 0 Å². The van der Waals surface area contributed by atoms with Crippen LogP contribution in [-0.4, -0.2) is 15.9 Å². The molecule has 2 N–H and O–H groups in total. The normalized spacial score (nSPS) is 39.7. The Morgan fingerprint density at radius 3 is 2.71 bits per heavy atom. The molecule has 0 aromatic rings. The van der Waals surface area contributed by atoms with Crippen molar-refractivity contribution < 1.29 is 9.66 Å². The van der Waals surface area contributed by atoms with Crippen LogP contribution >= 0.6 is 0 Å². The van der Waals surface area contributed by atoms with Crippen molar-refractivity contribution in [1.82, 2.24) is 4.72 Å². The SMILES string of the molecule is [O-][S+]1C=CC(O)N1. The van der Waals surface area contributed by atoms with Gasteiger partial charge in [0.15, 0.2) is 6.23 Å². The molecule has 3 nitrogen and oxygen atoms in total. The fourth-order valence-electron chi connectivity index (χ4n) is 0.343. The van der Waals surface area contributed by atoms with Gasteiger partial charge in [0, 0.05) is 6.08 Å². The highest BCUT2D eigenvalue weighted by atomic mass is 32.2. The number of nitrogens with one attached hydrogen (secondary N) is 1. The Morgan fingerprint density at radius 1 is 1.86 bits per heavy atom. The maximum absolute atomic E-state index is 10.2. The van der Waals surface area contributed by atoms with Crippen molar-refractivity contribution in [2.75, 3.05) is 0 Å². The van der Waals surface area contributed by atoms with Gasteiger partial charge in [-0.1, -0.05) is 0 Å². The van der Waals surface area contributed by atoms with Gasteiger partial charge < -0.3 is 9.66 Å². The van der Waals surface area contributed by atoms with E-state index in [0.29, 0.717) is 0 Å². The summed E-state index contributed by atoms with van der Waals surface area (Å²) in [4.78, 5) is 0. The smallest absolute Gasteiger partial charge is 0.170 e. The second-order valence-corrected chi connectivity index (χ2v) is 2.29. The van der Waals surface area contributed by atoms with Gasteiger partial charge >= 0.3 is 0 Å². The van der Waals surface area contributed by atoms with Gasteiger partial charge in [-0.2, -0.15) is 0 Å². The standard InChI is InChI=1S/C3H5NO2S/c5-3-1-2-7(6)4-3/h1-5H. The van der Waals surface area contributed by atoms with E-state index in [1.54, 1.807) is 0 Å². The van der Waals surface area contributed by atoms with E-state index in [1.807, 2.05) is 0 Å². The Kier molecular flexibility index (Phi) is 1.34. The van der Waals surface area contributed by atoms with Crippen LogP contribution in [0, 0.1) is 0 Å². The molecule has 0 bridgehead atoms. The Bertz CT molecular complexity index is 84.9. The second kappa shape index (κ2) is 1.83. The maximum Gasteiger partial charge on any atom is 0.170 e. The van der Waals surface area contributed by atoms with E-state index >= 15 is 0 Å². The number of hydrogen-bond acceptors (Lipinski definition) is 3. The largest absolute Gasteiger partial charge is 0.593 e. The van der Waals surface area contributed by atoms with Crippen LogP contribution in [0.25, 0.3) is 0 Å². The Balaban J connectivity index is 2.42. The van der Waals surface area contributed by atoms with E-state index in [1.165, 1.54) is 11.5 Å². The summed E-state index contributed by atoms with van der Waals surface area (Å²) in [5, 5.41) is 9.92. The first-order chi connectivity index (χ1) is 3.29. The molecule has 0 saturated heterocycles. The number of aliphatic hydroxyl groups excluding tert-OH is 1. The van der Waals surface area contributed by atoms with E-state index < -0.39 is 17.6 Å². The molecule has 0 aliphatic carbocycles. The molecule has 2 unspecified atom stereocenters. The Morgan fingerprint density at radius 2 is 2.57 bits per heavy atom. The summed E-state index contributed by atoms with van der Waals surface area (Å²) in [5.41, 5.74) is 0. The molecule has 0 saturated carbocycles. The summed E-state index contributed by atoms with van der Waals surface area (Å²) in [6.07, 6.45) is 0.733. The van der Waals surface area contributed by atoms with E-state index in [4.69, 9.17) is 5.11 Å². The first kappa shape index (κ1) is 5.11. The van der Waals surface area contributed by atoms with Crippen molar-refractivity contribution in [1.29, 1.82) is 0 Å². The summed E-state index contributed by atoms with van der Waals surface area (Å²) < 4.78 is 12.5. The first-order valence-electron chi connectivity index (χ1n) is 1.82. The quantitative estimate of drug-likeness (QED) is 0.406. The molecule has 0 amide bonds. The Labute approximate surface area is 44.3 Å². The van der Waals surface area contributed by atoms with Crippen molar-refractivity contribution in [3.63, 3.8) is 0 Å². The fraction of sp³-hybridized carbons (Fsp3) is 0.333. The average molecular weight is 119 g/mol.